The third-order valence-corrected chi connectivity index (χ3v) is 8.59. The number of sulfonamides is 1. The van der Waals surface area contributed by atoms with E-state index in [9.17, 15) is 13.2 Å². The predicted molar refractivity (Wildman–Crippen MR) is 160 cm³/mol. The molecule has 8 nitrogen and oxygen atoms in total. The van der Waals surface area contributed by atoms with Crippen LogP contribution in [0.4, 0.5) is 5.69 Å². The number of aryl methyl sites for hydroxylation is 1. The summed E-state index contributed by atoms with van der Waals surface area (Å²) in [6.45, 7) is 3.23. The number of carbonyl (C=O) groups is 1. The molecule has 40 heavy (non-hydrogen) atoms. The Balaban J connectivity index is 1.60. The van der Waals surface area contributed by atoms with Gasteiger partial charge in [-0.05, 0) is 68.4 Å². The van der Waals surface area contributed by atoms with Crippen LogP contribution in [0.3, 0.4) is 0 Å². The molecule has 3 aromatic carbocycles. The van der Waals surface area contributed by atoms with E-state index in [2.05, 4.69) is 10.5 Å². The van der Waals surface area contributed by atoms with Gasteiger partial charge in [-0.2, -0.15) is 5.10 Å². The number of nitrogens with zero attached hydrogens (tertiary/aromatic N) is 3. The number of carbonyl (C=O) groups excluding carboxylic acids is 1. The Hall–Kier alpha value is -3.50. The molecule has 4 rings (SSSR count). The first-order chi connectivity index (χ1) is 19.0. The van der Waals surface area contributed by atoms with E-state index in [1.54, 1.807) is 36.4 Å². The summed E-state index contributed by atoms with van der Waals surface area (Å²) in [5.41, 5.74) is 5.74. The number of hydrogen-bond donors (Lipinski definition) is 1. The third-order valence-electron chi connectivity index (χ3n) is 6.04. The lowest BCUT2D eigenvalue weighted by atomic mass is 10.2. The van der Waals surface area contributed by atoms with Crippen molar-refractivity contribution in [2.45, 2.75) is 18.7 Å². The number of ether oxygens (including phenoxy) is 1. The standard InChI is InChI=1S/C28H25Cl3N4O4S/c1-18-13-20(19(2)35(18)25-11-9-21(29)14-24(25)31)16-32-33-28(36)17-34(26-15-22(30)10-12-27(26)39-3)40(37,38)23-7-5-4-6-8-23/h4-16H,17H2,1-3H3,(H,33,36)/b32-16+. The van der Waals surface area contributed by atoms with Crippen LogP contribution < -0.4 is 14.5 Å². The summed E-state index contributed by atoms with van der Waals surface area (Å²) in [4.78, 5) is 13.0. The van der Waals surface area contributed by atoms with Gasteiger partial charge in [-0.3, -0.25) is 9.10 Å². The lowest BCUT2D eigenvalue weighted by molar-refractivity contribution is -0.119. The summed E-state index contributed by atoms with van der Waals surface area (Å²) < 4.78 is 35.4. The molecule has 0 aliphatic heterocycles. The van der Waals surface area contributed by atoms with Crippen LogP contribution in [0.2, 0.25) is 15.1 Å². The minimum Gasteiger partial charge on any atom is -0.495 e. The molecule has 0 bridgehead atoms. The maximum Gasteiger partial charge on any atom is 0.264 e. The molecule has 1 N–H and O–H groups in total. The van der Waals surface area contributed by atoms with Crippen molar-refractivity contribution in [1.29, 1.82) is 0 Å². The maximum atomic E-state index is 13.6. The van der Waals surface area contributed by atoms with Crippen molar-refractivity contribution in [2.24, 2.45) is 5.10 Å². The number of halogens is 3. The highest BCUT2D eigenvalue weighted by molar-refractivity contribution is 7.92. The molecule has 0 aliphatic carbocycles. The fourth-order valence-corrected chi connectivity index (χ4v) is 6.27. The SMILES string of the molecule is COc1ccc(Cl)cc1N(CC(=O)N/N=C/c1cc(C)n(-c2ccc(Cl)cc2Cl)c1C)S(=O)(=O)c1ccccc1. The van der Waals surface area contributed by atoms with E-state index in [4.69, 9.17) is 39.5 Å². The fourth-order valence-electron chi connectivity index (χ4n) is 4.17. The Kier molecular flexibility index (Phi) is 9.10. The molecule has 0 spiro atoms. The van der Waals surface area contributed by atoms with E-state index in [0.29, 0.717) is 10.0 Å². The zero-order valence-corrected chi connectivity index (χ0v) is 24.8. The third kappa shape index (κ3) is 6.28. The summed E-state index contributed by atoms with van der Waals surface area (Å²) in [7, 11) is -2.76. The van der Waals surface area contributed by atoms with Crippen LogP contribution in [-0.2, 0) is 14.8 Å². The van der Waals surface area contributed by atoms with Gasteiger partial charge in [0, 0.05) is 27.0 Å². The molecular formula is C28H25Cl3N4O4S. The molecule has 0 atom stereocenters. The summed E-state index contributed by atoms with van der Waals surface area (Å²) in [5.74, 6) is -0.444. The van der Waals surface area contributed by atoms with Crippen molar-refractivity contribution >= 4 is 62.6 Å². The number of methoxy groups -OCH3 is 1. The van der Waals surface area contributed by atoms with Crippen molar-refractivity contribution in [3.05, 3.63) is 105 Å². The van der Waals surface area contributed by atoms with Gasteiger partial charge in [0.1, 0.15) is 12.3 Å². The number of benzene rings is 3. The molecule has 0 aliphatic rings. The first-order valence-corrected chi connectivity index (χ1v) is 14.5. The first kappa shape index (κ1) is 29.5. The van der Waals surface area contributed by atoms with Crippen molar-refractivity contribution in [1.82, 2.24) is 9.99 Å². The quantitative estimate of drug-likeness (QED) is 0.173. The Labute approximate surface area is 247 Å². The molecule has 208 valence electrons. The molecule has 1 amide bonds. The van der Waals surface area contributed by atoms with Crippen molar-refractivity contribution in [3.8, 4) is 11.4 Å². The van der Waals surface area contributed by atoms with Crippen LogP contribution in [-0.4, -0.2) is 38.8 Å². The average molecular weight is 620 g/mol. The zero-order valence-electron chi connectivity index (χ0n) is 21.7. The topological polar surface area (TPSA) is 93.0 Å². The normalized spacial score (nSPS) is 11.6. The monoisotopic (exact) mass is 618 g/mol. The number of nitrogens with one attached hydrogen (secondary N) is 1. The molecule has 0 saturated heterocycles. The van der Waals surface area contributed by atoms with Crippen molar-refractivity contribution in [3.63, 3.8) is 0 Å². The van der Waals surface area contributed by atoms with Gasteiger partial charge in [-0.1, -0.05) is 53.0 Å². The number of hydrazone groups is 1. The summed E-state index contributed by atoms with van der Waals surface area (Å²) in [5, 5.41) is 5.37. The Morgan fingerprint density at radius 1 is 1.00 bits per heavy atom. The average Bonchev–Trinajstić information content (AvgIpc) is 3.20. The van der Waals surface area contributed by atoms with Gasteiger partial charge < -0.3 is 9.30 Å². The minimum absolute atomic E-state index is 0.00151. The summed E-state index contributed by atoms with van der Waals surface area (Å²) in [6.07, 6.45) is 1.48. The molecule has 0 fully saturated rings. The van der Waals surface area contributed by atoms with Gasteiger partial charge in [0.05, 0.1) is 34.6 Å². The van der Waals surface area contributed by atoms with Gasteiger partial charge in [-0.25, -0.2) is 13.8 Å². The van der Waals surface area contributed by atoms with Crippen LogP contribution in [0, 0.1) is 13.8 Å². The first-order valence-electron chi connectivity index (χ1n) is 11.9. The lowest BCUT2D eigenvalue weighted by Gasteiger charge is -2.25. The fraction of sp³-hybridized carbons (Fsp3) is 0.143. The van der Waals surface area contributed by atoms with Crippen LogP contribution in [0.5, 0.6) is 5.75 Å². The molecule has 1 aromatic heterocycles. The van der Waals surface area contributed by atoms with Crippen molar-refractivity contribution in [2.75, 3.05) is 18.0 Å². The van der Waals surface area contributed by atoms with Crippen molar-refractivity contribution < 1.29 is 17.9 Å². The highest BCUT2D eigenvalue weighted by Crippen LogP contribution is 2.35. The van der Waals surface area contributed by atoms with Crippen LogP contribution in [0.25, 0.3) is 5.69 Å². The lowest BCUT2D eigenvalue weighted by Crippen LogP contribution is -2.39. The highest BCUT2D eigenvalue weighted by atomic mass is 35.5. The number of rotatable bonds is 9. The molecule has 0 radical (unpaired) electrons. The molecule has 0 unspecified atom stereocenters. The highest BCUT2D eigenvalue weighted by Gasteiger charge is 2.29. The Bertz CT molecular complexity index is 1690. The predicted octanol–water partition coefficient (Wildman–Crippen LogP) is 6.41. The summed E-state index contributed by atoms with van der Waals surface area (Å²) in [6, 6.07) is 19.4. The van der Waals surface area contributed by atoms with Gasteiger partial charge in [0.2, 0.25) is 0 Å². The zero-order chi connectivity index (χ0) is 29.0. The largest absolute Gasteiger partial charge is 0.495 e. The van der Waals surface area contributed by atoms with Gasteiger partial charge in [-0.15, -0.1) is 0 Å². The molecule has 12 heteroatoms. The van der Waals surface area contributed by atoms with E-state index in [0.717, 1.165) is 26.9 Å². The number of hydrogen-bond acceptors (Lipinski definition) is 5. The second kappa shape index (κ2) is 12.3. The van der Waals surface area contributed by atoms with Gasteiger partial charge in [0.15, 0.2) is 0 Å². The summed E-state index contributed by atoms with van der Waals surface area (Å²) >= 11 is 18.6. The van der Waals surface area contributed by atoms with E-state index in [-0.39, 0.29) is 21.4 Å². The van der Waals surface area contributed by atoms with E-state index < -0.39 is 22.5 Å². The van der Waals surface area contributed by atoms with Crippen LogP contribution in [0.15, 0.2) is 82.8 Å². The number of anilines is 1. The van der Waals surface area contributed by atoms with E-state index in [1.807, 2.05) is 30.5 Å². The van der Waals surface area contributed by atoms with Crippen LogP contribution in [0.1, 0.15) is 17.0 Å². The molecule has 1 heterocycles. The Morgan fingerprint density at radius 3 is 2.35 bits per heavy atom. The van der Waals surface area contributed by atoms with E-state index in [1.165, 1.54) is 37.6 Å². The Morgan fingerprint density at radius 2 is 1.68 bits per heavy atom. The second-order valence-electron chi connectivity index (χ2n) is 8.69. The molecular weight excluding hydrogens is 595 g/mol. The van der Waals surface area contributed by atoms with E-state index >= 15 is 0 Å². The maximum absolute atomic E-state index is 13.6. The van der Waals surface area contributed by atoms with Gasteiger partial charge >= 0.3 is 0 Å². The minimum atomic E-state index is -4.17. The number of aromatic nitrogens is 1. The molecule has 0 saturated carbocycles. The molecule has 4 aromatic rings. The smallest absolute Gasteiger partial charge is 0.264 e. The number of amides is 1. The second-order valence-corrected chi connectivity index (χ2v) is 11.8. The van der Waals surface area contributed by atoms with Gasteiger partial charge in [0.25, 0.3) is 15.9 Å². The van der Waals surface area contributed by atoms with Crippen LogP contribution >= 0.6 is 34.8 Å².